The summed E-state index contributed by atoms with van der Waals surface area (Å²) in [5.74, 6) is 1.13. The maximum atomic E-state index is 10.4. The number of aromatic nitrogens is 1. The first kappa shape index (κ1) is 12.2. The number of pyridine rings is 1. The number of nitrogen functional groups attached to an aromatic ring is 1. The highest BCUT2D eigenvalue weighted by molar-refractivity contribution is 5.45. The Hall–Kier alpha value is -1.29. The molecular formula is C13H21N3O. The fraction of sp³-hybridized carbons (Fsp3) is 0.615. The minimum atomic E-state index is -0.570. The highest BCUT2D eigenvalue weighted by Crippen LogP contribution is 2.32. The summed E-state index contributed by atoms with van der Waals surface area (Å²) in [5, 5.41) is 13.7. The van der Waals surface area contributed by atoms with Crippen LogP contribution in [0.25, 0.3) is 0 Å². The van der Waals surface area contributed by atoms with Crippen molar-refractivity contribution in [1.29, 1.82) is 0 Å². The summed E-state index contributed by atoms with van der Waals surface area (Å²) >= 11 is 0. The first-order valence-corrected chi connectivity index (χ1v) is 6.25. The Kier molecular flexibility index (Phi) is 3.52. The lowest BCUT2D eigenvalue weighted by Crippen LogP contribution is -2.41. The fourth-order valence-corrected chi connectivity index (χ4v) is 2.57. The summed E-state index contributed by atoms with van der Waals surface area (Å²) in [6.07, 6.45) is 5.80. The Balaban J connectivity index is 1.90. The molecule has 1 aliphatic rings. The van der Waals surface area contributed by atoms with Crippen LogP contribution in [0.15, 0.2) is 18.3 Å². The van der Waals surface area contributed by atoms with E-state index in [0.717, 1.165) is 24.9 Å². The summed E-state index contributed by atoms with van der Waals surface area (Å²) in [4.78, 5) is 4.01. The third-order valence-electron chi connectivity index (χ3n) is 3.48. The molecule has 4 heteroatoms. The van der Waals surface area contributed by atoms with Crippen molar-refractivity contribution in [3.05, 3.63) is 18.3 Å². The third-order valence-corrected chi connectivity index (χ3v) is 3.48. The molecule has 1 heterocycles. The number of rotatable bonds is 3. The molecule has 0 aliphatic heterocycles. The van der Waals surface area contributed by atoms with Gasteiger partial charge in [-0.15, -0.1) is 0 Å². The monoisotopic (exact) mass is 235 g/mol. The molecule has 4 nitrogen and oxygen atoms in total. The van der Waals surface area contributed by atoms with E-state index >= 15 is 0 Å². The predicted octanol–water partition coefficient (Wildman–Crippen LogP) is 2.02. The zero-order chi connectivity index (χ0) is 12.3. The van der Waals surface area contributed by atoms with Gasteiger partial charge in [-0.1, -0.05) is 19.8 Å². The van der Waals surface area contributed by atoms with Crippen molar-refractivity contribution in [2.45, 2.75) is 38.2 Å². The average molecular weight is 235 g/mol. The number of hydrogen-bond donors (Lipinski definition) is 3. The highest BCUT2D eigenvalue weighted by Gasteiger charge is 2.32. The zero-order valence-corrected chi connectivity index (χ0v) is 10.3. The van der Waals surface area contributed by atoms with Crippen molar-refractivity contribution >= 4 is 11.5 Å². The van der Waals surface area contributed by atoms with Crippen LogP contribution in [-0.4, -0.2) is 22.2 Å². The summed E-state index contributed by atoms with van der Waals surface area (Å²) < 4.78 is 0. The molecule has 1 fully saturated rings. The Bertz CT molecular complexity index is 365. The number of nitrogens with two attached hydrogens (primary N) is 1. The predicted molar refractivity (Wildman–Crippen MR) is 69.7 cm³/mol. The highest BCUT2D eigenvalue weighted by atomic mass is 16.3. The number of anilines is 2. The second-order valence-electron chi connectivity index (χ2n) is 5.25. The molecule has 94 valence electrons. The number of nitrogens with one attached hydrogen (secondary N) is 1. The molecule has 0 aromatic carbocycles. The van der Waals surface area contributed by atoms with Crippen LogP contribution in [-0.2, 0) is 0 Å². The first-order valence-electron chi connectivity index (χ1n) is 6.25. The van der Waals surface area contributed by atoms with Crippen LogP contribution in [0, 0.1) is 5.92 Å². The Morgan fingerprint density at radius 2 is 2.41 bits per heavy atom. The quantitative estimate of drug-likeness (QED) is 0.749. The van der Waals surface area contributed by atoms with Gasteiger partial charge in [-0.05, 0) is 30.9 Å². The summed E-state index contributed by atoms with van der Waals surface area (Å²) in [6, 6.07) is 3.65. The van der Waals surface area contributed by atoms with Gasteiger partial charge in [0.15, 0.2) is 0 Å². The number of hydrogen-bond acceptors (Lipinski definition) is 4. The molecule has 2 rings (SSSR count). The van der Waals surface area contributed by atoms with E-state index in [2.05, 4.69) is 17.2 Å². The molecule has 1 saturated carbocycles. The summed E-state index contributed by atoms with van der Waals surface area (Å²) in [6.45, 7) is 2.79. The van der Waals surface area contributed by atoms with Crippen LogP contribution in [0.5, 0.6) is 0 Å². The van der Waals surface area contributed by atoms with Gasteiger partial charge in [0.1, 0.15) is 5.82 Å². The standard InChI is InChI=1S/C13H21N3O/c1-10-3-2-6-13(17,7-10)9-16-11-4-5-12(14)15-8-11/h4-5,8,10,16-17H,2-3,6-7,9H2,1H3,(H2,14,15). The van der Waals surface area contributed by atoms with E-state index in [0.29, 0.717) is 18.3 Å². The van der Waals surface area contributed by atoms with E-state index in [1.54, 1.807) is 12.3 Å². The van der Waals surface area contributed by atoms with Crippen LogP contribution in [0.3, 0.4) is 0 Å². The third kappa shape index (κ3) is 3.33. The molecule has 2 unspecified atom stereocenters. The lowest BCUT2D eigenvalue weighted by Gasteiger charge is -2.35. The molecule has 0 bridgehead atoms. The molecule has 1 aromatic heterocycles. The minimum Gasteiger partial charge on any atom is -0.388 e. The van der Waals surface area contributed by atoms with Gasteiger partial charge in [-0.3, -0.25) is 0 Å². The maximum Gasteiger partial charge on any atom is 0.123 e. The van der Waals surface area contributed by atoms with Gasteiger partial charge in [-0.2, -0.15) is 0 Å². The van der Waals surface area contributed by atoms with E-state index in [1.807, 2.05) is 6.07 Å². The van der Waals surface area contributed by atoms with Crippen molar-refractivity contribution < 1.29 is 5.11 Å². The van der Waals surface area contributed by atoms with Crippen LogP contribution >= 0.6 is 0 Å². The lowest BCUT2D eigenvalue weighted by atomic mass is 9.79. The van der Waals surface area contributed by atoms with Gasteiger partial charge < -0.3 is 16.2 Å². The van der Waals surface area contributed by atoms with E-state index in [9.17, 15) is 5.11 Å². The zero-order valence-electron chi connectivity index (χ0n) is 10.3. The van der Waals surface area contributed by atoms with Gasteiger partial charge in [0.05, 0.1) is 17.5 Å². The van der Waals surface area contributed by atoms with Crippen molar-refractivity contribution in [2.75, 3.05) is 17.6 Å². The number of aliphatic hydroxyl groups is 1. The molecule has 17 heavy (non-hydrogen) atoms. The van der Waals surface area contributed by atoms with Crippen molar-refractivity contribution in [3.8, 4) is 0 Å². The van der Waals surface area contributed by atoms with E-state index < -0.39 is 5.60 Å². The molecule has 1 aliphatic carbocycles. The second kappa shape index (κ2) is 4.92. The molecule has 0 saturated heterocycles. The van der Waals surface area contributed by atoms with Crippen LogP contribution < -0.4 is 11.1 Å². The van der Waals surface area contributed by atoms with Gasteiger partial charge in [-0.25, -0.2) is 4.98 Å². The van der Waals surface area contributed by atoms with Crippen LogP contribution in [0.4, 0.5) is 11.5 Å². The SMILES string of the molecule is CC1CCCC(O)(CNc2ccc(N)nc2)C1. The van der Waals surface area contributed by atoms with E-state index in [-0.39, 0.29) is 0 Å². The topological polar surface area (TPSA) is 71.2 Å². The summed E-state index contributed by atoms with van der Waals surface area (Å²) in [7, 11) is 0. The largest absolute Gasteiger partial charge is 0.388 e. The Morgan fingerprint density at radius 1 is 1.59 bits per heavy atom. The molecule has 1 aromatic rings. The van der Waals surface area contributed by atoms with Gasteiger partial charge in [0.2, 0.25) is 0 Å². The second-order valence-corrected chi connectivity index (χ2v) is 5.25. The Morgan fingerprint density at radius 3 is 3.06 bits per heavy atom. The molecule has 0 spiro atoms. The molecule has 4 N–H and O–H groups in total. The molecular weight excluding hydrogens is 214 g/mol. The normalized spacial score (nSPS) is 28.9. The lowest BCUT2D eigenvalue weighted by molar-refractivity contribution is -0.000763. The van der Waals surface area contributed by atoms with E-state index in [4.69, 9.17) is 5.73 Å². The van der Waals surface area contributed by atoms with E-state index in [1.165, 1.54) is 6.42 Å². The van der Waals surface area contributed by atoms with Crippen LogP contribution in [0.2, 0.25) is 0 Å². The van der Waals surface area contributed by atoms with Crippen molar-refractivity contribution in [2.24, 2.45) is 5.92 Å². The van der Waals surface area contributed by atoms with Crippen molar-refractivity contribution in [3.63, 3.8) is 0 Å². The molecule has 0 amide bonds. The summed E-state index contributed by atoms with van der Waals surface area (Å²) in [5.41, 5.74) is 5.86. The first-order chi connectivity index (χ1) is 8.07. The molecule has 0 radical (unpaired) electrons. The average Bonchev–Trinajstić information content (AvgIpc) is 2.28. The van der Waals surface area contributed by atoms with Crippen LogP contribution in [0.1, 0.15) is 32.6 Å². The Labute approximate surface area is 102 Å². The van der Waals surface area contributed by atoms with Gasteiger partial charge in [0.25, 0.3) is 0 Å². The van der Waals surface area contributed by atoms with Gasteiger partial charge >= 0.3 is 0 Å². The molecule has 2 atom stereocenters. The van der Waals surface area contributed by atoms with Crippen molar-refractivity contribution in [1.82, 2.24) is 4.98 Å². The van der Waals surface area contributed by atoms with Gasteiger partial charge in [0, 0.05) is 6.54 Å². The number of nitrogens with zero attached hydrogens (tertiary/aromatic N) is 1. The maximum absolute atomic E-state index is 10.4. The smallest absolute Gasteiger partial charge is 0.123 e. The minimum absolute atomic E-state index is 0.514. The fourth-order valence-electron chi connectivity index (χ4n) is 2.57.